The van der Waals surface area contributed by atoms with Crippen molar-refractivity contribution in [3.8, 4) is 0 Å². The molecule has 2 rings (SSSR count). The normalized spacial score (nSPS) is 11.3. The molecule has 0 bridgehead atoms. The van der Waals surface area contributed by atoms with Gasteiger partial charge < -0.3 is 11.1 Å². The molecular formula is C21H26N2O2S2. The average molecular weight is 403 g/mol. The van der Waals surface area contributed by atoms with Gasteiger partial charge in [0, 0.05) is 9.79 Å². The molecule has 3 N–H and O–H groups in total. The van der Waals surface area contributed by atoms with Crippen LogP contribution in [0.1, 0.15) is 31.9 Å². The zero-order valence-electron chi connectivity index (χ0n) is 16.2. The topological polar surface area (TPSA) is 72.2 Å². The molecule has 0 aliphatic carbocycles. The van der Waals surface area contributed by atoms with Crippen molar-refractivity contribution in [1.29, 1.82) is 0 Å². The number of thioether (sulfide) groups is 2. The van der Waals surface area contributed by atoms with Crippen molar-refractivity contribution in [3.63, 3.8) is 0 Å². The molecule has 0 heterocycles. The van der Waals surface area contributed by atoms with Gasteiger partial charge in [0.25, 0.3) is 0 Å². The van der Waals surface area contributed by atoms with Crippen molar-refractivity contribution in [2.75, 3.05) is 16.8 Å². The standard InChI is InChI=1S/C21H26N2O2S2/c1-14-9-10-15(21(2,3)4)11-18(14)27-13-20(25)23-16-7-5-6-8-17(16)26-12-19(22)24/h5-11H,12-13H2,1-4H3,(H2,22,24)(H,23,25). The van der Waals surface area contributed by atoms with Gasteiger partial charge in [-0.3, -0.25) is 9.59 Å². The number of nitrogens with one attached hydrogen (secondary N) is 1. The molecule has 0 radical (unpaired) electrons. The average Bonchev–Trinajstić information content (AvgIpc) is 2.59. The van der Waals surface area contributed by atoms with Gasteiger partial charge in [-0.05, 0) is 41.7 Å². The van der Waals surface area contributed by atoms with E-state index in [1.165, 1.54) is 34.7 Å². The van der Waals surface area contributed by atoms with E-state index in [1.54, 1.807) is 0 Å². The molecule has 0 saturated carbocycles. The Morgan fingerprint density at radius 1 is 1.00 bits per heavy atom. The van der Waals surface area contributed by atoms with E-state index < -0.39 is 0 Å². The number of amides is 2. The first-order chi connectivity index (χ1) is 12.7. The van der Waals surface area contributed by atoms with Crippen molar-refractivity contribution in [1.82, 2.24) is 0 Å². The number of anilines is 1. The van der Waals surface area contributed by atoms with E-state index >= 15 is 0 Å². The second-order valence-electron chi connectivity index (χ2n) is 7.32. The van der Waals surface area contributed by atoms with E-state index in [1.807, 2.05) is 24.3 Å². The molecule has 144 valence electrons. The van der Waals surface area contributed by atoms with Gasteiger partial charge in [-0.25, -0.2) is 0 Å². The molecule has 4 nitrogen and oxygen atoms in total. The Balaban J connectivity index is 2.02. The van der Waals surface area contributed by atoms with Crippen LogP contribution in [-0.4, -0.2) is 23.3 Å². The Labute approximate surface area is 169 Å². The second-order valence-corrected chi connectivity index (χ2v) is 9.35. The third kappa shape index (κ3) is 6.63. The third-order valence-corrected chi connectivity index (χ3v) is 6.20. The molecule has 0 saturated heterocycles. The fourth-order valence-electron chi connectivity index (χ4n) is 2.40. The number of rotatable bonds is 7. The number of aryl methyl sites for hydroxylation is 1. The smallest absolute Gasteiger partial charge is 0.234 e. The molecule has 2 amide bonds. The molecular weight excluding hydrogens is 376 g/mol. The first kappa shape index (κ1) is 21.4. The van der Waals surface area contributed by atoms with E-state index in [9.17, 15) is 9.59 Å². The predicted octanol–water partition coefficient (Wildman–Crippen LogP) is 4.60. The Hall–Kier alpha value is -1.92. The summed E-state index contributed by atoms with van der Waals surface area (Å²) in [5.74, 6) is 0.0440. The third-order valence-electron chi connectivity index (χ3n) is 3.94. The Bertz CT molecular complexity index is 829. The molecule has 2 aromatic rings. The van der Waals surface area contributed by atoms with Crippen LogP contribution in [-0.2, 0) is 15.0 Å². The summed E-state index contributed by atoms with van der Waals surface area (Å²) in [6, 6.07) is 13.8. The van der Waals surface area contributed by atoms with E-state index in [0.29, 0.717) is 11.4 Å². The van der Waals surface area contributed by atoms with Gasteiger partial charge >= 0.3 is 0 Å². The van der Waals surface area contributed by atoms with Gasteiger partial charge in [0.1, 0.15) is 0 Å². The van der Waals surface area contributed by atoms with E-state index in [0.717, 1.165) is 9.79 Å². The maximum Gasteiger partial charge on any atom is 0.234 e. The lowest BCUT2D eigenvalue weighted by Crippen LogP contribution is -2.16. The monoisotopic (exact) mass is 402 g/mol. The van der Waals surface area contributed by atoms with Crippen LogP contribution >= 0.6 is 23.5 Å². The highest BCUT2D eigenvalue weighted by atomic mass is 32.2. The summed E-state index contributed by atoms with van der Waals surface area (Å²) in [6.07, 6.45) is 0. The van der Waals surface area contributed by atoms with E-state index in [4.69, 9.17) is 5.73 Å². The van der Waals surface area contributed by atoms with Crippen LogP contribution in [0.3, 0.4) is 0 Å². The zero-order chi connectivity index (χ0) is 20.0. The van der Waals surface area contributed by atoms with Crippen LogP contribution in [0.25, 0.3) is 0 Å². The lowest BCUT2D eigenvalue weighted by Gasteiger charge is -2.20. The minimum absolute atomic E-state index is 0.0713. The molecule has 0 aliphatic heterocycles. The predicted molar refractivity (Wildman–Crippen MR) is 116 cm³/mol. The Morgan fingerprint density at radius 3 is 2.33 bits per heavy atom. The largest absolute Gasteiger partial charge is 0.369 e. The molecule has 0 aromatic heterocycles. The number of nitrogens with two attached hydrogens (primary N) is 1. The van der Waals surface area contributed by atoms with Crippen molar-refractivity contribution in [2.45, 2.75) is 42.9 Å². The van der Waals surface area contributed by atoms with Gasteiger partial charge in [0.15, 0.2) is 0 Å². The van der Waals surface area contributed by atoms with Crippen molar-refractivity contribution in [2.24, 2.45) is 5.73 Å². The maximum absolute atomic E-state index is 12.4. The van der Waals surface area contributed by atoms with Gasteiger partial charge in [-0.1, -0.05) is 45.0 Å². The lowest BCUT2D eigenvalue weighted by atomic mass is 9.87. The summed E-state index contributed by atoms with van der Waals surface area (Å²) < 4.78 is 0. The number of primary amides is 1. The van der Waals surface area contributed by atoms with Gasteiger partial charge in [0.05, 0.1) is 17.2 Å². The van der Waals surface area contributed by atoms with Crippen LogP contribution in [0.15, 0.2) is 52.3 Å². The molecule has 0 aliphatic rings. The minimum atomic E-state index is -0.383. The highest BCUT2D eigenvalue weighted by Crippen LogP contribution is 2.30. The second kappa shape index (κ2) is 9.33. The maximum atomic E-state index is 12.4. The number of hydrogen-bond donors (Lipinski definition) is 2. The number of hydrogen-bond acceptors (Lipinski definition) is 4. The van der Waals surface area contributed by atoms with E-state index in [-0.39, 0.29) is 23.0 Å². The van der Waals surface area contributed by atoms with Crippen LogP contribution < -0.4 is 11.1 Å². The number of carbonyl (C=O) groups is 2. The van der Waals surface area contributed by atoms with Gasteiger partial charge in [-0.2, -0.15) is 0 Å². The molecule has 2 aromatic carbocycles. The highest BCUT2D eigenvalue weighted by Gasteiger charge is 2.15. The number of carbonyl (C=O) groups excluding carboxylic acids is 2. The minimum Gasteiger partial charge on any atom is -0.369 e. The van der Waals surface area contributed by atoms with Crippen molar-refractivity contribution in [3.05, 3.63) is 53.6 Å². The summed E-state index contributed by atoms with van der Waals surface area (Å²) in [5.41, 5.74) is 8.40. The molecule has 6 heteroatoms. The van der Waals surface area contributed by atoms with Crippen molar-refractivity contribution < 1.29 is 9.59 Å². The first-order valence-corrected chi connectivity index (χ1v) is 10.7. The van der Waals surface area contributed by atoms with Crippen LogP contribution in [0, 0.1) is 6.92 Å². The molecule has 0 fully saturated rings. The molecule has 0 unspecified atom stereocenters. The zero-order valence-corrected chi connectivity index (χ0v) is 17.8. The van der Waals surface area contributed by atoms with Crippen LogP contribution in [0.2, 0.25) is 0 Å². The Morgan fingerprint density at radius 2 is 1.67 bits per heavy atom. The fourth-order valence-corrected chi connectivity index (χ4v) is 4.01. The summed E-state index contributed by atoms with van der Waals surface area (Å²) >= 11 is 2.86. The summed E-state index contributed by atoms with van der Waals surface area (Å²) in [6.45, 7) is 8.60. The van der Waals surface area contributed by atoms with Crippen molar-refractivity contribution >= 4 is 41.0 Å². The molecule has 27 heavy (non-hydrogen) atoms. The summed E-state index contributed by atoms with van der Waals surface area (Å²) in [7, 11) is 0. The molecule has 0 atom stereocenters. The van der Waals surface area contributed by atoms with Gasteiger partial charge in [0.2, 0.25) is 11.8 Å². The SMILES string of the molecule is Cc1ccc(C(C)(C)C)cc1SCC(=O)Nc1ccccc1SCC(N)=O. The number of para-hydroxylation sites is 1. The van der Waals surface area contributed by atoms with E-state index in [2.05, 4.69) is 51.2 Å². The first-order valence-electron chi connectivity index (χ1n) is 8.71. The van der Waals surface area contributed by atoms with Crippen LogP contribution in [0.5, 0.6) is 0 Å². The summed E-state index contributed by atoms with van der Waals surface area (Å²) in [5, 5.41) is 2.94. The lowest BCUT2D eigenvalue weighted by molar-refractivity contribution is -0.115. The Kier molecular flexibility index (Phi) is 7.39. The number of benzene rings is 2. The molecule has 0 spiro atoms. The quantitative estimate of drug-likeness (QED) is 0.664. The fraction of sp³-hybridized carbons (Fsp3) is 0.333. The highest BCUT2D eigenvalue weighted by molar-refractivity contribution is 8.00. The summed E-state index contributed by atoms with van der Waals surface area (Å²) in [4.78, 5) is 25.4. The van der Waals surface area contributed by atoms with Gasteiger partial charge in [-0.15, -0.1) is 23.5 Å². The van der Waals surface area contributed by atoms with Crippen LogP contribution in [0.4, 0.5) is 5.69 Å².